The Kier molecular flexibility index (Phi) is 6.64. The second-order valence-corrected chi connectivity index (χ2v) is 4.40. The first-order valence-electron chi connectivity index (χ1n) is 6.00. The molecule has 5 heteroatoms. The van der Waals surface area contributed by atoms with E-state index in [0.29, 0.717) is 6.54 Å². The summed E-state index contributed by atoms with van der Waals surface area (Å²) in [5.74, 6) is -0.241. The monoisotopic (exact) mass is 256 g/mol. The van der Waals surface area contributed by atoms with Gasteiger partial charge in [0.1, 0.15) is 12.7 Å². The van der Waals surface area contributed by atoms with Gasteiger partial charge in [-0.05, 0) is 26.2 Å². The molecule has 0 radical (unpaired) electrons. The Hall–Kier alpha value is -1.17. The van der Waals surface area contributed by atoms with Crippen molar-refractivity contribution in [3.8, 4) is 5.75 Å². The van der Waals surface area contributed by atoms with E-state index in [0.717, 1.165) is 13.1 Å². The predicted molar refractivity (Wildman–Crippen MR) is 69.3 cm³/mol. The topological polar surface area (TPSA) is 44.7 Å². The van der Waals surface area contributed by atoms with Crippen molar-refractivity contribution >= 4 is 0 Å². The molecule has 0 fully saturated rings. The standard InChI is InChI=1S/C13H21FN2O2/c1-16(2)8-7-15-9-11(17)10-18-13-6-4-3-5-12(13)14/h3-6,11,15,17H,7-10H2,1-2H3. The van der Waals surface area contributed by atoms with Gasteiger partial charge in [0.15, 0.2) is 11.6 Å². The third kappa shape index (κ3) is 5.95. The minimum Gasteiger partial charge on any atom is -0.488 e. The lowest BCUT2D eigenvalue weighted by Gasteiger charge is -2.15. The van der Waals surface area contributed by atoms with E-state index < -0.39 is 11.9 Å². The first-order chi connectivity index (χ1) is 8.59. The maximum Gasteiger partial charge on any atom is 0.165 e. The molecule has 1 aromatic carbocycles. The van der Waals surface area contributed by atoms with E-state index in [-0.39, 0.29) is 12.4 Å². The zero-order chi connectivity index (χ0) is 13.4. The fraction of sp³-hybridized carbons (Fsp3) is 0.538. The first-order valence-corrected chi connectivity index (χ1v) is 6.00. The largest absolute Gasteiger partial charge is 0.488 e. The Morgan fingerprint density at radius 2 is 2.11 bits per heavy atom. The molecule has 4 nitrogen and oxygen atoms in total. The lowest BCUT2D eigenvalue weighted by atomic mass is 10.3. The maximum absolute atomic E-state index is 13.2. The van der Waals surface area contributed by atoms with E-state index in [1.807, 2.05) is 14.1 Å². The molecule has 102 valence electrons. The van der Waals surface area contributed by atoms with Crippen LogP contribution in [0.1, 0.15) is 0 Å². The van der Waals surface area contributed by atoms with Crippen LogP contribution in [0.5, 0.6) is 5.75 Å². The van der Waals surface area contributed by atoms with E-state index in [1.165, 1.54) is 6.07 Å². The molecule has 0 saturated carbocycles. The molecule has 0 spiro atoms. The van der Waals surface area contributed by atoms with Gasteiger partial charge in [0, 0.05) is 19.6 Å². The van der Waals surface area contributed by atoms with Gasteiger partial charge in [-0.3, -0.25) is 0 Å². The van der Waals surface area contributed by atoms with Crippen molar-refractivity contribution in [2.24, 2.45) is 0 Å². The second-order valence-electron chi connectivity index (χ2n) is 4.40. The van der Waals surface area contributed by atoms with Gasteiger partial charge in [0.25, 0.3) is 0 Å². The number of ether oxygens (including phenoxy) is 1. The highest BCUT2D eigenvalue weighted by Gasteiger charge is 2.07. The summed E-state index contributed by atoms with van der Waals surface area (Å²) >= 11 is 0. The SMILES string of the molecule is CN(C)CCNCC(O)COc1ccccc1F. The zero-order valence-corrected chi connectivity index (χ0v) is 10.9. The third-order valence-electron chi connectivity index (χ3n) is 2.38. The first kappa shape index (κ1) is 14.9. The second kappa shape index (κ2) is 8.02. The van der Waals surface area contributed by atoms with Gasteiger partial charge < -0.3 is 20.1 Å². The van der Waals surface area contributed by atoms with Gasteiger partial charge in [-0.15, -0.1) is 0 Å². The Balaban J connectivity index is 2.17. The average Bonchev–Trinajstić information content (AvgIpc) is 2.33. The van der Waals surface area contributed by atoms with Crippen LogP contribution in [0.15, 0.2) is 24.3 Å². The summed E-state index contributed by atoms with van der Waals surface area (Å²) in [6, 6.07) is 6.17. The Morgan fingerprint density at radius 1 is 1.39 bits per heavy atom. The van der Waals surface area contributed by atoms with Crippen molar-refractivity contribution in [2.75, 3.05) is 40.3 Å². The maximum atomic E-state index is 13.2. The number of rotatable bonds is 8. The van der Waals surface area contributed by atoms with Crippen molar-refractivity contribution in [1.29, 1.82) is 0 Å². The molecule has 1 atom stereocenters. The number of nitrogens with zero attached hydrogens (tertiary/aromatic N) is 1. The minimum atomic E-state index is -0.647. The van der Waals surface area contributed by atoms with Crippen molar-refractivity contribution in [1.82, 2.24) is 10.2 Å². The summed E-state index contributed by atoms with van der Waals surface area (Å²) in [7, 11) is 3.97. The summed E-state index contributed by atoms with van der Waals surface area (Å²) in [5, 5.41) is 12.7. The van der Waals surface area contributed by atoms with Gasteiger partial charge in [-0.2, -0.15) is 0 Å². The van der Waals surface area contributed by atoms with Crippen LogP contribution in [0.4, 0.5) is 4.39 Å². The molecule has 0 bridgehead atoms. The van der Waals surface area contributed by atoms with Crippen molar-refractivity contribution in [3.05, 3.63) is 30.1 Å². The molecule has 0 aromatic heterocycles. The van der Waals surface area contributed by atoms with Gasteiger partial charge in [-0.25, -0.2) is 4.39 Å². The lowest BCUT2D eigenvalue weighted by Crippen LogP contribution is -2.35. The molecule has 0 amide bonds. The van der Waals surface area contributed by atoms with Gasteiger partial charge >= 0.3 is 0 Å². The van der Waals surface area contributed by atoms with Crippen LogP contribution < -0.4 is 10.1 Å². The van der Waals surface area contributed by atoms with Gasteiger partial charge in [0.05, 0.1) is 0 Å². The molecule has 1 aromatic rings. The van der Waals surface area contributed by atoms with Crippen LogP contribution in [-0.4, -0.2) is 56.4 Å². The summed E-state index contributed by atoms with van der Waals surface area (Å²) in [6.07, 6.45) is -0.647. The van der Waals surface area contributed by atoms with Crippen molar-refractivity contribution < 1.29 is 14.2 Å². The normalized spacial score (nSPS) is 12.7. The molecule has 18 heavy (non-hydrogen) atoms. The van der Waals surface area contributed by atoms with E-state index >= 15 is 0 Å². The van der Waals surface area contributed by atoms with Gasteiger partial charge in [-0.1, -0.05) is 12.1 Å². The molecule has 1 unspecified atom stereocenters. The fourth-order valence-corrected chi connectivity index (χ4v) is 1.38. The molecular weight excluding hydrogens is 235 g/mol. The summed E-state index contributed by atoms with van der Waals surface area (Å²) in [6.45, 7) is 2.21. The molecule has 0 heterocycles. The molecule has 2 N–H and O–H groups in total. The van der Waals surface area contributed by atoms with E-state index in [9.17, 15) is 9.50 Å². The van der Waals surface area contributed by atoms with Crippen LogP contribution in [0.2, 0.25) is 0 Å². The number of aliphatic hydroxyl groups excluding tert-OH is 1. The molecule has 0 aliphatic heterocycles. The zero-order valence-electron chi connectivity index (χ0n) is 10.9. The molecule has 0 saturated heterocycles. The number of hydrogen-bond acceptors (Lipinski definition) is 4. The smallest absolute Gasteiger partial charge is 0.165 e. The highest BCUT2D eigenvalue weighted by atomic mass is 19.1. The Labute approximate surface area is 107 Å². The highest BCUT2D eigenvalue weighted by Crippen LogP contribution is 2.15. The number of likely N-dealkylation sites (N-methyl/N-ethyl adjacent to an activating group) is 1. The average molecular weight is 256 g/mol. The fourth-order valence-electron chi connectivity index (χ4n) is 1.38. The van der Waals surface area contributed by atoms with Crippen LogP contribution in [0, 0.1) is 5.82 Å². The predicted octanol–water partition coefficient (Wildman–Crippen LogP) is 0.717. The Morgan fingerprint density at radius 3 is 2.78 bits per heavy atom. The van der Waals surface area contributed by atoms with Crippen LogP contribution >= 0.6 is 0 Å². The number of aliphatic hydroxyl groups is 1. The quantitative estimate of drug-likeness (QED) is 0.673. The van der Waals surface area contributed by atoms with Gasteiger partial charge in [0.2, 0.25) is 0 Å². The number of hydrogen-bond donors (Lipinski definition) is 2. The third-order valence-corrected chi connectivity index (χ3v) is 2.38. The summed E-state index contributed by atoms with van der Waals surface area (Å²) in [5.41, 5.74) is 0. The molecular formula is C13H21FN2O2. The Bertz CT molecular complexity index is 348. The van der Waals surface area contributed by atoms with Crippen LogP contribution in [-0.2, 0) is 0 Å². The van der Waals surface area contributed by atoms with Crippen LogP contribution in [0.3, 0.4) is 0 Å². The number of halogens is 1. The lowest BCUT2D eigenvalue weighted by molar-refractivity contribution is 0.104. The minimum absolute atomic E-state index is 0.0793. The molecule has 1 rings (SSSR count). The molecule has 0 aliphatic carbocycles. The number of benzene rings is 1. The van der Waals surface area contributed by atoms with Crippen LogP contribution in [0.25, 0.3) is 0 Å². The number of para-hydroxylation sites is 1. The molecule has 0 aliphatic rings. The van der Waals surface area contributed by atoms with E-state index in [2.05, 4.69) is 10.2 Å². The number of nitrogens with one attached hydrogen (secondary N) is 1. The van der Waals surface area contributed by atoms with E-state index in [1.54, 1.807) is 18.2 Å². The highest BCUT2D eigenvalue weighted by molar-refractivity contribution is 5.23. The van der Waals surface area contributed by atoms with E-state index in [4.69, 9.17) is 4.74 Å². The van der Waals surface area contributed by atoms with Crippen molar-refractivity contribution in [3.63, 3.8) is 0 Å². The summed E-state index contributed by atoms with van der Waals surface area (Å²) < 4.78 is 18.4. The summed E-state index contributed by atoms with van der Waals surface area (Å²) in [4.78, 5) is 2.05. The van der Waals surface area contributed by atoms with Crippen molar-refractivity contribution in [2.45, 2.75) is 6.10 Å².